The van der Waals surface area contributed by atoms with Gasteiger partial charge in [0.2, 0.25) is 0 Å². The summed E-state index contributed by atoms with van der Waals surface area (Å²) < 4.78 is 0. The predicted molar refractivity (Wildman–Crippen MR) is 66.6 cm³/mol. The van der Waals surface area contributed by atoms with Crippen LogP contribution < -0.4 is 5.73 Å². The summed E-state index contributed by atoms with van der Waals surface area (Å²) in [4.78, 5) is 0. The van der Waals surface area contributed by atoms with E-state index in [2.05, 4.69) is 26.5 Å². The van der Waals surface area contributed by atoms with Crippen LogP contribution in [0.25, 0.3) is 0 Å². The molecule has 0 aromatic heterocycles. The quantitative estimate of drug-likeness (QED) is 0.606. The zero-order valence-electron chi connectivity index (χ0n) is 10.1. The van der Waals surface area contributed by atoms with Gasteiger partial charge < -0.3 is 10.8 Å². The molecule has 0 aliphatic carbocycles. The molecule has 0 saturated heterocycles. The molecule has 3 N–H and O–H groups in total. The first-order valence-corrected chi connectivity index (χ1v) is 5.84. The molecule has 0 rings (SSSR count). The molecule has 0 amide bonds. The monoisotopic (exact) mass is 211 g/mol. The van der Waals surface area contributed by atoms with E-state index in [-0.39, 0.29) is 12.6 Å². The van der Waals surface area contributed by atoms with Gasteiger partial charge in [-0.1, -0.05) is 31.6 Å². The van der Waals surface area contributed by atoms with E-state index in [1.54, 1.807) is 0 Å². The Kier molecular flexibility index (Phi) is 8.34. The van der Waals surface area contributed by atoms with Crippen LogP contribution in [0, 0.1) is 5.92 Å². The van der Waals surface area contributed by atoms with E-state index in [0.29, 0.717) is 5.92 Å². The maximum atomic E-state index is 8.91. The van der Waals surface area contributed by atoms with Crippen molar-refractivity contribution in [1.29, 1.82) is 0 Å². The fourth-order valence-electron chi connectivity index (χ4n) is 1.63. The largest absolute Gasteiger partial charge is 0.395 e. The van der Waals surface area contributed by atoms with E-state index in [1.807, 2.05) is 6.08 Å². The van der Waals surface area contributed by atoms with E-state index in [4.69, 9.17) is 10.8 Å². The lowest BCUT2D eigenvalue weighted by Gasteiger charge is -2.14. The molecule has 0 spiro atoms. The first-order valence-electron chi connectivity index (χ1n) is 5.84. The third kappa shape index (κ3) is 6.47. The Bertz CT molecular complexity index is 199. The molecule has 0 radical (unpaired) electrons. The minimum absolute atomic E-state index is 0.0651. The molecule has 2 unspecified atom stereocenters. The van der Waals surface area contributed by atoms with Crippen LogP contribution in [0.15, 0.2) is 24.3 Å². The van der Waals surface area contributed by atoms with Gasteiger partial charge in [0.05, 0.1) is 6.61 Å². The number of rotatable bonds is 8. The summed E-state index contributed by atoms with van der Waals surface area (Å²) >= 11 is 0. The molecule has 2 heteroatoms. The van der Waals surface area contributed by atoms with E-state index in [0.717, 1.165) is 25.7 Å². The first-order chi connectivity index (χ1) is 7.17. The van der Waals surface area contributed by atoms with Crippen molar-refractivity contribution < 1.29 is 5.11 Å². The van der Waals surface area contributed by atoms with Crippen molar-refractivity contribution in [3.8, 4) is 0 Å². The van der Waals surface area contributed by atoms with Gasteiger partial charge in [0, 0.05) is 6.04 Å². The Morgan fingerprint density at radius 2 is 2.13 bits per heavy atom. The van der Waals surface area contributed by atoms with Crippen molar-refractivity contribution in [2.45, 2.75) is 45.6 Å². The highest BCUT2D eigenvalue weighted by molar-refractivity contribution is 5.06. The number of nitrogens with two attached hydrogens (primary N) is 1. The Labute approximate surface area is 93.9 Å². The lowest BCUT2D eigenvalue weighted by Crippen LogP contribution is -2.24. The second-order valence-electron chi connectivity index (χ2n) is 4.02. The summed E-state index contributed by atoms with van der Waals surface area (Å²) in [6.07, 6.45) is 8.24. The van der Waals surface area contributed by atoms with E-state index >= 15 is 0 Å². The normalized spacial score (nSPS) is 16.1. The van der Waals surface area contributed by atoms with Gasteiger partial charge in [-0.05, 0) is 31.6 Å². The van der Waals surface area contributed by atoms with Gasteiger partial charge in [-0.15, -0.1) is 6.58 Å². The molecular formula is C13H25NO. The smallest absolute Gasteiger partial charge is 0.0585 e. The van der Waals surface area contributed by atoms with Crippen molar-refractivity contribution in [2.24, 2.45) is 11.7 Å². The number of hydrogen-bond donors (Lipinski definition) is 2. The van der Waals surface area contributed by atoms with Crippen molar-refractivity contribution in [3.05, 3.63) is 24.3 Å². The molecule has 2 nitrogen and oxygen atoms in total. The van der Waals surface area contributed by atoms with Crippen LogP contribution in [0.4, 0.5) is 0 Å². The van der Waals surface area contributed by atoms with Crippen LogP contribution in [-0.4, -0.2) is 17.8 Å². The molecule has 0 bridgehead atoms. The third-order valence-corrected chi connectivity index (χ3v) is 2.68. The van der Waals surface area contributed by atoms with E-state index < -0.39 is 0 Å². The molecule has 0 aromatic rings. The molecule has 15 heavy (non-hydrogen) atoms. The molecule has 0 heterocycles. The van der Waals surface area contributed by atoms with Gasteiger partial charge in [0.25, 0.3) is 0 Å². The Morgan fingerprint density at radius 3 is 2.53 bits per heavy atom. The van der Waals surface area contributed by atoms with Crippen LogP contribution in [0.1, 0.15) is 39.5 Å². The summed E-state index contributed by atoms with van der Waals surface area (Å²) in [6.45, 7) is 8.15. The second kappa shape index (κ2) is 8.69. The fourth-order valence-corrected chi connectivity index (χ4v) is 1.63. The lowest BCUT2D eigenvalue weighted by atomic mass is 9.95. The summed E-state index contributed by atoms with van der Waals surface area (Å²) in [5.41, 5.74) is 7.08. The maximum Gasteiger partial charge on any atom is 0.0585 e. The average molecular weight is 211 g/mol. The van der Waals surface area contributed by atoms with Crippen LogP contribution in [-0.2, 0) is 0 Å². The summed E-state index contributed by atoms with van der Waals surface area (Å²) in [5, 5.41) is 8.91. The molecule has 0 saturated carbocycles. The minimum atomic E-state index is -0.113. The number of aliphatic hydroxyl groups is 1. The van der Waals surface area contributed by atoms with Crippen LogP contribution >= 0.6 is 0 Å². The summed E-state index contributed by atoms with van der Waals surface area (Å²) in [6, 6.07) is -0.113. The molecule has 0 aliphatic rings. The SMILES string of the molecule is C=CCC(/C=C(\CC)CC(N)CO)CC. The van der Waals surface area contributed by atoms with Gasteiger partial charge in [-0.25, -0.2) is 0 Å². The number of allylic oxidation sites excluding steroid dienone is 2. The third-order valence-electron chi connectivity index (χ3n) is 2.68. The Hall–Kier alpha value is -0.600. The number of hydrogen-bond acceptors (Lipinski definition) is 2. The van der Waals surface area contributed by atoms with Crippen molar-refractivity contribution in [3.63, 3.8) is 0 Å². The van der Waals surface area contributed by atoms with Gasteiger partial charge >= 0.3 is 0 Å². The fraction of sp³-hybridized carbons (Fsp3) is 0.692. The maximum absolute atomic E-state index is 8.91. The Morgan fingerprint density at radius 1 is 1.47 bits per heavy atom. The standard InChI is InChI=1S/C13H25NO/c1-4-7-11(5-2)8-12(6-3)9-13(14)10-15/h4,8,11,13,15H,1,5-7,9-10,14H2,2-3H3/b12-8+. The zero-order chi connectivity index (χ0) is 11.7. The predicted octanol–water partition coefficient (Wildman–Crippen LogP) is 2.63. The average Bonchev–Trinajstić information content (AvgIpc) is 2.26. The second-order valence-corrected chi connectivity index (χ2v) is 4.02. The van der Waals surface area contributed by atoms with Crippen molar-refractivity contribution in [2.75, 3.05) is 6.61 Å². The molecule has 0 aliphatic heterocycles. The first kappa shape index (κ1) is 14.4. The van der Waals surface area contributed by atoms with Crippen LogP contribution in [0.3, 0.4) is 0 Å². The van der Waals surface area contributed by atoms with Gasteiger partial charge in [0.1, 0.15) is 0 Å². The summed E-state index contributed by atoms with van der Waals surface area (Å²) in [5.74, 6) is 0.573. The molecular weight excluding hydrogens is 186 g/mol. The molecule has 88 valence electrons. The zero-order valence-corrected chi connectivity index (χ0v) is 10.1. The van der Waals surface area contributed by atoms with Gasteiger partial charge in [0.15, 0.2) is 0 Å². The number of aliphatic hydroxyl groups excluding tert-OH is 1. The van der Waals surface area contributed by atoms with E-state index in [9.17, 15) is 0 Å². The van der Waals surface area contributed by atoms with Crippen LogP contribution in [0.5, 0.6) is 0 Å². The Balaban J connectivity index is 4.33. The van der Waals surface area contributed by atoms with Gasteiger partial charge in [-0.3, -0.25) is 0 Å². The molecule has 2 atom stereocenters. The lowest BCUT2D eigenvalue weighted by molar-refractivity contribution is 0.264. The van der Waals surface area contributed by atoms with Crippen molar-refractivity contribution >= 4 is 0 Å². The molecule has 0 fully saturated rings. The van der Waals surface area contributed by atoms with Gasteiger partial charge in [-0.2, -0.15) is 0 Å². The van der Waals surface area contributed by atoms with E-state index in [1.165, 1.54) is 5.57 Å². The highest BCUT2D eigenvalue weighted by atomic mass is 16.3. The minimum Gasteiger partial charge on any atom is -0.395 e. The highest BCUT2D eigenvalue weighted by Gasteiger charge is 2.06. The molecule has 0 aromatic carbocycles. The summed E-state index contributed by atoms with van der Waals surface area (Å²) in [7, 11) is 0. The topological polar surface area (TPSA) is 46.2 Å². The van der Waals surface area contributed by atoms with Crippen LogP contribution in [0.2, 0.25) is 0 Å². The highest BCUT2D eigenvalue weighted by Crippen LogP contribution is 2.17. The van der Waals surface area contributed by atoms with Crippen molar-refractivity contribution in [1.82, 2.24) is 0 Å².